The van der Waals surface area contributed by atoms with Gasteiger partial charge >= 0.3 is 0 Å². The molecule has 0 spiro atoms. The van der Waals surface area contributed by atoms with Gasteiger partial charge in [0, 0.05) is 0 Å². The number of carbonyl (C=O) groups excluding carboxylic acids is 2. The van der Waals surface area contributed by atoms with E-state index in [-0.39, 0.29) is 11.8 Å². The van der Waals surface area contributed by atoms with Gasteiger partial charge < -0.3 is 20.8 Å². The van der Waals surface area contributed by atoms with E-state index in [9.17, 15) is 19.8 Å². The van der Waals surface area contributed by atoms with Gasteiger partial charge in [-0.3, -0.25) is 9.59 Å². The lowest BCUT2D eigenvalue weighted by Crippen LogP contribution is -2.59. The number of aliphatic hydroxyl groups is 2. The maximum Gasteiger partial charge on any atom is 0.236 e. The molecule has 2 aromatic rings. The van der Waals surface area contributed by atoms with Crippen molar-refractivity contribution in [3.8, 4) is 0 Å². The highest BCUT2D eigenvalue weighted by Crippen LogP contribution is 2.47. The average Bonchev–Trinajstić information content (AvgIpc) is 3.76. The fourth-order valence-corrected chi connectivity index (χ4v) is 6.40. The van der Waals surface area contributed by atoms with Crippen molar-refractivity contribution in [2.75, 3.05) is 0 Å². The van der Waals surface area contributed by atoms with E-state index in [0.717, 1.165) is 36.8 Å². The van der Waals surface area contributed by atoms with Crippen molar-refractivity contribution < 1.29 is 19.8 Å². The third-order valence-corrected chi connectivity index (χ3v) is 8.82. The van der Waals surface area contributed by atoms with Gasteiger partial charge in [-0.15, -0.1) is 0 Å². The van der Waals surface area contributed by atoms with Crippen LogP contribution in [0.25, 0.3) is 0 Å². The monoisotopic (exact) mass is 564 g/mol. The highest BCUT2D eigenvalue weighted by atomic mass is 16.3. The van der Waals surface area contributed by atoms with Crippen LogP contribution in [0.5, 0.6) is 0 Å². The molecule has 0 heterocycles. The fraction of sp³-hybridized carbons (Fsp3) is 0.600. The molecule has 41 heavy (non-hydrogen) atoms. The molecule has 1 saturated carbocycles. The van der Waals surface area contributed by atoms with Crippen molar-refractivity contribution in [1.82, 2.24) is 10.6 Å². The third kappa shape index (κ3) is 8.42. The SMILES string of the molecule is CCCC(O)(CCC)[C@@H](Cc1ccccc1)NC(=O)C1(C(=O)N[C@H](Cc2ccccc2)C(O)(CCC)CCC)CC1. The topological polar surface area (TPSA) is 98.7 Å². The van der Waals surface area contributed by atoms with Gasteiger partial charge in [0.2, 0.25) is 11.8 Å². The molecule has 0 aromatic heterocycles. The first-order valence-electron chi connectivity index (χ1n) is 15.8. The molecule has 3 rings (SSSR count). The van der Waals surface area contributed by atoms with Crippen molar-refractivity contribution in [2.24, 2.45) is 5.41 Å². The first kappa shape index (κ1) is 32.8. The fourth-order valence-electron chi connectivity index (χ4n) is 6.40. The van der Waals surface area contributed by atoms with Gasteiger partial charge in [0.05, 0.1) is 23.3 Å². The molecular weight excluding hydrogens is 512 g/mol. The second-order valence-corrected chi connectivity index (χ2v) is 12.2. The Morgan fingerprint density at radius 3 is 1.24 bits per heavy atom. The van der Waals surface area contributed by atoms with E-state index in [2.05, 4.69) is 10.6 Å². The van der Waals surface area contributed by atoms with E-state index in [1.807, 2.05) is 88.4 Å². The molecule has 6 nitrogen and oxygen atoms in total. The summed E-state index contributed by atoms with van der Waals surface area (Å²) in [6.07, 6.45) is 7.33. The van der Waals surface area contributed by atoms with Gasteiger partial charge in [0.1, 0.15) is 5.41 Å². The van der Waals surface area contributed by atoms with Crippen LogP contribution in [0.3, 0.4) is 0 Å². The van der Waals surface area contributed by atoms with Crippen LogP contribution < -0.4 is 10.6 Å². The van der Waals surface area contributed by atoms with Crippen LogP contribution in [-0.4, -0.2) is 45.3 Å². The van der Waals surface area contributed by atoms with Gasteiger partial charge in [-0.05, 0) is 62.5 Å². The van der Waals surface area contributed by atoms with Gasteiger partial charge in [-0.2, -0.15) is 0 Å². The molecule has 2 atom stereocenters. The zero-order valence-corrected chi connectivity index (χ0v) is 25.6. The summed E-state index contributed by atoms with van der Waals surface area (Å²) in [4.78, 5) is 27.8. The van der Waals surface area contributed by atoms with Crippen molar-refractivity contribution in [2.45, 2.75) is 128 Å². The Bertz CT molecular complexity index is 988. The average molecular weight is 565 g/mol. The number of hydrogen-bond donors (Lipinski definition) is 4. The normalized spacial score (nSPS) is 16.0. The Morgan fingerprint density at radius 1 is 0.659 bits per heavy atom. The van der Waals surface area contributed by atoms with Gasteiger partial charge in [-0.1, -0.05) is 114 Å². The molecule has 0 bridgehead atoms. The Kier molecular flexibility index (Phi) is 12.0. The quantitative estimate of drug-likeness (QED) is 0.170. The maximum atomic E-state index is 13.9. The minimum atomic E-state index is -1.18. The third-order valence-electron chi connectivity index (χ3n) is 8.82. The van der Waals surface area contributed by atoms with Crippen molar-refractivity contribution >= 4 is 11.8 Å². The van der Waals surface area contributed by atoms with E-state index >= 15 is 0 Å². The Labute approximate surface area is 247 Å². The molecule has 0 aliphatic heterocycles. The lowest BCUT2D eigenvalue weighted by molar-refractivity contribution is -0.141. The number of hydrogen-bond acceptors (Lipinski definition) is 4. The molecule has 0 unspecified atom stereocenters. The lowest BCUT2D eigenvalue weighted by Gasteiger charge is -2.39. The summed E-state index contributed by atoms with van der Waals surface area (Å²) in [6, 6.07) is 18.8. The molecule has 2 amide bonds. The Morgan fingerprint density at radius 2 is 0.976 bits per heavy atom. The second kappa shape index (κ2) is 15.0. The predicted molar refractivity (Wildman–Crippen MR) is 165 cm³/mol. The van der Waals surface area contributed by atoms with Crippen LogP contribution in [0.15, 0.2) is 60.7 Å². The number of benzene rings is 2. The van der Waals surface area contributed by atoms with Crippen LogP contribution >= 0.6 is 0 Å². The Balaban J connectivity index is 1.86. The molecule has 1 aliphatic carbocycles. The summed E-state index contributed by atoms with van der Waals surface area (Å²) in [5.41, 5.74) is -1.25. The largest absolute Gasteiger partial charge is 0.388 e. The molecule has 0 saturated heterocycles. The highest BCUT2D eigenvalue weighted by molar-refractivity contribution is 6.08. The van der Waals surface area contributed by atoms with E-state index in [0.29, 0.717) is 51.4 Å². The number of carbonyl (C=O) groups is 2. The molecule has 2 aromatic carbocycles. The van der Waals surface area contributed by atoms with E-state index < -0.39 is 28.7 Å². The van der Waals surface area contributed by atoms with Gasteiger partial charge in [0.25, 0.3) is 0 Å². The molecule has 4 N–H and O–H groups in total. The maximum absolute atomic E-state index is 13.9. The minimum absolute atomic E-state index is 0.324. The van der Waals surface area contributed by atoms with Crippen molar-refractivity contribution in [3.05, 3.63) is 71.8 Å². The van der Waals surface area contributed by atoms with Crippen molar-refractivity contribution in [3.63, 3.8) is 0 Å². The zero-order valence-electron chi connectivity index (χ0n) is 25.6. The zero-order chi connectivity index (χ0) is 29.9. The van der Waals surface area contributed by atoms with E-state index in [1.54, 1.807) is 0 Å². The summed E-state index contributed by atoms with van der Waals surface area (Å²) >= 11 is 0. The van der Waals surface area contributed by atoms with Gasteiger partial charge in [-0.25, -0.2) is 0 Å². The van der Waals surface area contributed by atoms with Crippen LogP contribution in [0.1, 0.15) is 103 Å². The molecule has 226 valence electrons. The second-order valence-electron chi connectivity index (χ2n) is 12.2. The predicted octanol–water partition coefficient (Wildman–Crippen LogP) is 5.88. The molecule has 0 radical (unpaired) electrons. The first-order chi connectivity index (χ1) is 19.7. The number of nitrogens with one attached hydrogen (secondary N) is 2. The number of amides is 2. The molecule has 1 aliphatic rings. The summed E-state index contributed by atoms with van der Waals surface area (Å²) < 4.78 is 0. The van der Waals surface area contributed by atoms with Crippen LogP contribution in [0.4, 0.5) is 0 Å². The summed E-state index contributed by atoms with van der Waals surface area (Å²) in [5, 5.41) is 29.9. The minimum Gasteiger partial charge on any atom is -0.388 e. The highest BCUT2D eigenvalue weighted by Gasteiger charge is 2.58. The summed E-state index contributed by atoms with van der Waals surface area (Å²) in [7, 11) is 0. The van der Waals surface area contributed by atoms with E-state index in [4.69, 9.17) is 0 Å². The first-order valence-corrected chi connectivity index (χ1v) is 15.8. The van der Waals surface area contributed by atoms with Crippen LogP contribution in [0, 0.1) is 5.41 Å². The summed E-state index contributed by atoms with van der Waals surface area (Å²) in [6.45, 7) is 8.16. The molecular formula is C35H52N2O4. The standard InChI is InChI=1S/C35H52N2O4/c1-5-19-34(40,20-6-2)29(25-27-15-11-9-12-16-27)36-31(38)33(23-24-33)32(39)37-30(26-28-17-13-10-14-18-28)35(41,21-7-3)22-8-4/h9-18,29-30,40-41H,5-8,19-26H2,1-4H3,(H,36,38)(H,37,39)/t29-,30-/m1/s1. The van der Waals surface area contributed by atoms with Crippen LogP contribution in [0.2, 0.25) is 0 Å². The lowest BCUT2D eigenvalue weighted by atomic mass is 9.81. The molecule has 6 heteroatoms. The number of rotatable bonds is 18. The van der Waals surface area contributed by atoms with Gasteiger partial charge in [0.15, 0.2) is 0 Å². The van der Waals surface area contributed by atoms with Crippen LogP contribution in [-0.2, 0) is 22.4 Å². The smallest absolute Gasteiger partial charge is 0.236 e. The van der Waals surface area contributed by atoms with Crippen molar-refractivity contribution in [1.29, 1.82) is 0 Å². The molecule has 1 fully saturated rings. The summed E-state index contributed by atoms with van der Waals surface area (Å²) in [5.74, 6) is -0.649. The Hall–Kier alpha value is -2.70. The van der Waals surface area contributed by atoms with E-state index in [1.165, 1.54) is 0 Å².